The minimum absolute atomic E-state index is 0.114. The van der Waals surface area contributed by atoms with Gasteiger partial charge in [-0.1, -0.05) is 18.2 Å². The van der Waals surface area contributed by atoms with Crippen molar-refractivity contribution >= 4 is 28.4 Å². The second kappa shape index (κ2) is 4.97. The van der Waals surface area contributed by atoms with Crippen molar-refractivity contribution in [2.75, 3.05) is 4.90 Å². The van der Waals surface area contributed by atoms with Gasteiger partial charge in [-0.15, -0.1) is 0 Å². The zero-order valence-electron chi connectivity index (χ0n) is 10.5. The lowest BCUT2D eigenvalue weighted by Crippen LogP contribution is -2.07. The number of aliphatic imine (C=N–C) groups is 1. The number of nitro groups is 1. The number of allylic oxidation sites excluding steroid dienone is 1. The largest absolute Gasteiger partial charge is 0.322 e. The molecule has 0 aliphatic carbocycles. The first kappa shape index (κ1) is 12.1. The van der Waals surface area contributed by atoms with Gasteiger partial charge < -0.3 is 4.90 Å². The van der Waals surface area contributed by atoms with Gasteiger partial charge in [0.2, 0.25) is 0 Å². The molecule has 0 saturated heterocycles. The van der Waals surface area contributed by atoms with E-state index in [1.165, 1.54) is 6.07 Å². The highest BCUT2D eigenvalue weighted by Gasteiger charge is 2.15. The molecule has 0 saturated carbocycles. The highest BCUT2D eigenvalue weighted by Crippen LogP contribution is 2.33. The molecule has 3 rings (SSSR count). The average molecular weight is 265 g/mol. The Morgan fingerprint density at radius 2 is 1.85 bits per heavy atom. The van der Waals surface area contributed by atoms with Crippen LogP contribution in [0.25, 0.3) is 10.8 Å². The molecule has 0 aromatic heterocycles. The molecule has 0 unspecified atom stereocenters. The summed E-state index contributed by atoms with van der Waals surface area (Å²) in [6.45, 7) is 0. The molecule has 0 N–H and O–H groups in total. The molecule has 0 bridgehead atoms. The summed E-state index contributed by atoms with van der Waals surface area (Å²) in [6.07, 6.45) is 8.85. The molecule has 0 atom stereocenters. The Kier molecular flexibility index (Phi) is 3.01. The fraction of sp³-hybridized carbons (Fsp3) is 0. The summed E-state index contributed by atoms with van der Waals surface area (Å²) >= 11 is 0. The van der Waals surface area contributed by atoms with Crippen molar-refractivity contribution in [3.8, 4) is 0 Å². The number of rotatable bonds is 2. The Bertz CT molecular complexity index is 747. The summed E-state index contributed by atoms with van der Waals surface area (Å²) < 4.78 is 0. The number of hydrogen-bond donors (Lipinski definition) is 0. The third kappa shape index (κ3) is 2.05. The fourth-order valence-electron chi connectivity index (χ4n) is 2.20. The molecule has 5 heteroatoms. The van der Waals surface area contributed by atoms with Crippen molar-refractivity contribution in [1.82, 2.24) is 0 Å². The predicted molar refractivity (Wildman–Crippen MR) is 79.9 cm³/mol. The molecular weight excluding hydrogens is 254 g/mol. The highest BCUT2D eigenvalue weighted by atomic mass is 16.6. The molecule has 2 aromatic carbocycles. The van der Waals surface area contributed by atoms with E-state index in [4.69, 9.17) is 0 Å². The zero-order valence-corrected chi connectivity index (χ0v) is 10.5. The van der Waals surface area contributed by atoms with Crippen LogP contribution in [0, 0.1) is 10.1 Å². The van der Waals surface area contributed by atoms with Gasteiger partial charge in [0.15, 0.2) is 0 Å². The first-order chi connectivity index (χ1) is 9.77. The molecule has 1 aliphatic rings. The topological polar surface area (TPSA) is 58.7 Å². The Morgan fingerprint density at radius 1 is 1.05 bits per heavy atom. The maximum atomic E-state index is 11.1. The monoisotopic (exact) mass is 265 g/mol. The lowest BCUT2D eigenvalue weighted by atomic mass is 10.1. The standard InChI is InChI=1S/C15H11N3O2/c19-18(20)15-7-6-14(12-4-1-2-5-13(12)15)17-10-3-8-16-9-11-17/h1-11H. The van der Waals surface area contributed by atoms with Crippen LogP contribution in [0.1, 0.15) is 0 Å². The van der Waals surface area contributed by atoms with E-state index >= 15 is 0 Å². The molecule has 0 radical (unpaired) electrons. The van der Waals surface area contributed by atoms with Gasteiger partial charge in [-0.05, 0) is 18.2 Å². The quantitative estimate of drug-likeness (QED) is 0.615. The molecule has 1 heterocycles. The Labute approximate surface area is 115 Å². The lowest BCUT2D eigenvalue weighted by Gasteiger charge is -2.17. The van der Waals surface area contributed by atoms with Crippen LogP contribution in [0.5, 0.6) is 0 Å². The van der Waals surface area contributed by atoms with E-state index in [-0.39, 0.29) is 10.6 Å². The van der Waals surface area contributed by atoms with Gasteiger partial charge in [0.1, 0.15) is 0 Å². The molecule has 0 fully saturated rings. The summed E-state index contributed by atoms with van der Waals surface area (Å²) in [5.41, 5.74) is 0.993. The van der Waals surface area contributed by atoms with Crippen molar-refractivity contribution < 1.29 is 4.92 Å². The van der Waals surface area contributed by atoms with Crippen LogP contribution in [-0.2, 0) is 0 Å². The number of nitro benzene ring substituents is 1. The number of hydrogen-bond acceptors (Lipinski definition) is 4. The first-order valence-electron chi connectivity index (χ1n) is 6.08. The van der Waals surface area contributed by atoms with E-state index in [2.05, 4.69) is 4.99 Å². The molecule has 0 spiro atoms. The maximum absolute atomic E-state index is 11.1. The third-order valence-electron chi connectivity index (χ3n) is 3.09. The Hall–Kier alpha value is -2.95. The van der Waals surface area contributed by atoms with E-state index in [1.54, 1.807) is 30.6 Å². The fourth-order valence-corrected chi connectivity index (χ4v) is 2.20. The van der Waals surface area contributed by atoms with E-state index < -0.39 is 0 Å². The summed E-state index contributed by atoms with van der Waals surface area (Å²) in [6, 6.07) is 10.6. The van der Waals surface area contributed by atoms with E-state index in [0.717, 1.165) is 11.1 Å². The number of nitrogens with zero attached hydrogens (tertiary/aromatic N) is 3. The number of anilines is 1. The van der Waals surface area contributed by atoms with Gasteiger partial charge >= 0.3 is 0 Å². The Balaban J connectivity index is 2.23. The van der Waals surface area contributed by atoms with Crippen LogP contribution in [-0.4, -0.2) is 11.1 Å². The molecule has 2 aromatic rings. The van der Waals surface area contributed by atoms with Gasteiger partial charge in [0.25, 0.3) is 5.69 Å². The number of benzene rings is 2. The van der Waals surface area contributed by atoms with Crippen molar-refractivity contribution in [3.05, 3.63) is 71.2 Å². The second-order valence-corrected chi connectivity index (χ2v) is 4.25. The highest BCUT2D eigenvalue weighted by molar-refractivity contribution is 6.00. The SMILES string of the molecule is O=[N+]([O-])c1ccc(N2C=CC=NC=C2)c2ccccc12. The van der Waals surface area contributed by atoms with E-state index in [0.29, 0.717) is 5.39 Å². The summed E-state index contributed by atoms with van der Waals surface area (Å²) in [5, 5.41) is 12.6. The second-order valence-electron chi connectivity index (χ2n) is 4.25. The molecular formula is C15H11N3O2. The summed E-state index contributed by atoms with van der Waals surface area (Å²) in [4.78, 5) is 16.7. The van der Waals surface area contributed by atoms with Crippen LogP contribution < -0.4 is 4.90 Å². The molecule has 98 valence electrons. The number of fused-ring (bicyclic) bond motifs is 1. The van der Waals surface area contributed by atoms with Crippen LogP contribution >= 0.6 is 0 Å². The smallest absolute Gasteiger partial charge is 0.277 e. The van der Waals surface area contributed by atoms with Crippen molar-refractivity contribution in [1.29, 1.82) is 0 Å². The van der Waals surface area contributed by atoms with Gasteiger partial charge in [-0.2, -0.15) is 0 Å². The van der Waals surface area contributed by atoms with Gasteiger partial charge in [0.05, 0.1) is 16.0 Å². The van der Waals surface area contributed by atoms with Gasteiger partial charge in [-0.25, -0.2) is 0 Å². The van der Waals surface area contributed by atoms with Crippen molar-refractivity contribution in [3.63, 3.8) is 0 Å². The Morgan fingerprint density at radius 3 is 2.65 bits per heavy atom. The molecule has 20 heavy (non-hydrogen) atoms. The third-order valence-corrected chi connectivity index (χ3v) is 3.09. The summed E-state index contributed by atoms with van der Waals surface area (Å²) in [5.74, 6) is 0. The lowest BCUT2D eigenvalue weighted by molar-refractivity contribution is -0.383. The van der Waals surface area contributed by atoms with Gasteiger partial charge in [0, 0.05) is 36.3 Å². The first-order valence-corrected chi connectivity index (χ1v) is 6.08. The molecule has 1 aliphatic heterocycles. The zero-order chi connectivity index (χ0) is 13.9. The minimum Gasteiger partial charge on any atom is -0.322 e. The molecule has 5 nitrogen and oxygen atoms in total. The average Bonchev–Trinajstić information content (AvgIpc) is 2.75. The normalized spacial score (nSPS) is 13.7. The predicted octanol–water partition coefficient (Wildman–Crippen LogP) is 3.62. The summed E-state index contributed by atoms with van der Waals surface area (Å²) in [7, 11) is 0. The van der Waals surface area contributed by atoms with E-state index in [1.807, 2.05) is 35.5 Å². The van der Waals surface area contributed by atoms with Crippen molar-refractivity contribution in [2.24, 2.45) is 4.99 Å². The van der Waals surface area contributed by atoms with Crippen LogP contribution in [0.2, 0.25) is 0 Å². The van der Waals surface area contributed by atoms with E-state index in [9.17, 15) is 10.1 Å². The van der Waals surface area contributed by atoms with Crippen LogP contribution in [0.3, 0.4) is 0 Å². The van der Waals surface area contributed by atoms with Gasteiger partial charge in [-0.3, -0.25) is 15.1 Å². The number of non-ortho nitro benzene ring substituents is 1. The van der Waals surface area contributed by atoms with Crippen LogP contribution in [0.4, 0.5) is 11.4 Å². The molecule has 0 amide bonds. The van der Waals surface area contributed by atoms with Crippen molar-refractivity contribution in [2.45, 2.75) is 0 Å². The minimum atomic E-state index is -0.358. The maximum Gasteiger partial charge on any atom is 0.277 e. The van der Waals surface area contributed by atoms with Crippen LogP contribution in [0.15, 0.2) is 66.1 Å².